The smallest absolute Gasteiger partial charge is 0.316 e. The number of aliphatic hydroxyl groups is 3. The van der Waals surface area contributed by atoms with E-state index in [9.17, 15) is 45.0 Å². The summed E-state index contributed by atoms with van der Waals surface area (Å²) in [7, 11) is 4.87. The van der Waals surface area contributed by atoms with E-state index in [1.54, 1.807) is 27.7 Å². The number of benzene rings is 2. The molecule has 2 aromatic rings. The average molecular weight is 830 g/mol. The average Bonchev–Trinajstić information content (AvgIpc) is 3.17. The molecular formula is C42H55NO16. The molecule has 0 spiro atoms. The molecule has 17 heteroatoms. The van der Waals surface area contributed by atoms with Gasteiger partial charge < -0.3 is 68.7 Å². The summed E-state index contributed by atoms with van der Waals surface area (Å²) in [6.45, 7) is 7.01. The number of rotatable bonds is 9. The van der Waals surface area contributed by atoms with Gasteiger partial charge in [0.25, 0.3) is 0 Å². The van der Waals surface area contributed by atoms with E-state index in [0.717, 1.165) is 19.2 Å². The fourth-order valence-corrected chi connectivity index (χ4v) is 9.44. The first kappa shape index (κ1) is 43.3. The molecule has 3 aliphatic heterocycles. The van der Waals surface area contributed by atoms with Crippen molar-refractivity contribution in [3.8, 4) is 17.2 Å². The normalized spacial score (nSPS) is 37.1. The van der Waals surface area contributed by atoms with Crippen molar-refractivity contribution < 1.29 is 78.2 Å². The first-order valence-corrected chi connectivity index (χ1v) is 20.2. The zero-order valence-electron chi connectivity index (χ0n) is 34.2. The molecule has 0 radical (unpaired) electrons. The largest absolute Gasteiger partial charge is 0.507 e. The molecule has 5 aliphatic rings. The van der Waals surface area contributed by atoms with Crippen molar-refractivity contribution >= 4 is 17.5 Å². The van der Waals surface area contributed by atoms with Gasteiger partial charge in [0.2, 0.25) is 5.78 Å². The topological polar surface area (TPSA) is 240 Å². The first-order valence-electron chi connectivity index (χ1n) is 20.2. The van der Waals surface area contributed by atoms with Gasteiger partial charge in [-0.3, -0.25) is 14.4 Å². The number of fused-ring (bicyclic) bond motifs is 3. The van der Waals surface area contributed by atoms with Crippen LogP contribution in [0.5, 0.6) is 17.2 Å². The minimum atomic E-state index is -1.81. The monoisotopic (exact) mass is 829 g/mol. The lowest BCUT2D eigenvalue weighted by molar-refractivity contribution is -0.328. The summed E-state index contributed by atoms with van der Waals surface area (Å²) in [5, 5.41) is 66.5. The minimum Gasteiger partial charge on any atom is -0.507 e. The summed E-state index contributed by atoms with van der Waals surface area (Å²) in [5.74, 6) is -5.87. The van der Waals surface area contributed by atoms with Gasteiger partial charge in [-0.25, -0.2) is 0 Å². The van der Waals surface area contributed by atoms with E-state index in [0.29, 0.717) is 12.8 Å². The number of phenolic OH excluding ortho intramolecular Hbond substituents is 3. The van der Waals surface area contributed by atoms with Gasteiger partial charge >= 0.3 is 5.97 Å². The molecule has 3 saturated heterocycles. The molecule has 0 saturated carbocycles. The Hall–Kier alpha value is -3.75. The quantitative estimate of drug-likeness (QED) is 0.134. The van der Waals surface area contributed by atoms with Crippen molar-refractivity contribution in [2.24, 2.45) is 0 Å². The number of hydrogen-bond acceptors (Lipinski definition) is 17. The van der Waals surface area contributed by atoms with Gasteiger partial charge in [-0.2, -0.15) is 0 Å². The number of ether oxygens (including phenoxy) is 7. The Morgan fingerprint density at radius 2 is 1.41 bits per heavy atom. The van der Waals surface area contributed by atoms with Crippen LogP contribution in [0.3, 0.4) is 0 Å². The summed E-state index contributed by atoms with van der Waals surface area (Å²) < 4.78 is 42.7. The second-order valence-corrected chi connectivity index (χ2v) is 16.6. The summed E-state index contributed by atoms with van der Waals surface area (Å²) in [4.78, 5) is 43.2. The van der Waals surface area contributed by atoms with Crippen LogP contribution in [0.25, 0.3) is 0 Å². The highest BCUT2D eigenvalue weighted by Crippen LogP contribution is 2.54. The number of hydrogen-bond donors (Lipinski definition) is 6. The third kappa shape index (κ3) is 7.75. The number of aliphatic hydroxyl groups excluding tert-OH is 2. The van der Waals surface area contributed by atoms with E-state index in [1.165, 1.54) is 6.07 Å². The lowest BCUT2D eigenvalue weighted by Gasteiger charge is -2.48. The number of methoxy groups -OCH3 is 1. The van der Waals surface area contributed by atoms with Crippen molar-refractivity contribution in [1.82, 2.24) is 4.90 Å². The lowest BCUT2D eigenvalue weighted by Crippen LogP contribution is -2.58. The molecule has 6 N–H and O–H groups in total. The Labute approximate surface area is 341 Å². The Morgan fingerprint density at radius 1 is 0.814 bits per heavy atom. The van der Waals surface area contributed by atoms with Crippen molar-refractivity contribution in [2.45, 2.75) is 151 Å². The number of carbonyl (C=O) groups excluding carboxylic acids is 3. The highest BCUT2D eigenvalue weighted by Gasteiger charge is 2.54. The highest BCUT2D eigenvalue weighted by atomic mass is 16.7. The summed E-state index contributed by atoms with van der Waals surface area (Å²) in [6, 6.07) is 3.03. The molecule has 324 valence electrons. The molecule has 3 fully saturated rings. The van der Waals surface area contributed by atoms with Crippen molar-refractivity contribution in [2.75, 3.05) is 21.2 Å². The number of phenols is 3. The minimum absolute atomic E-state index is 0.00117. The van der Waals surface area contributed by atoms with Crippen molar-refractivity contribution in [3.63, 3.8) is 0 Å². The Kier molecular flexibility index (Phi) is 12.2. The number of likely N-dealkylation sites (N-methyl/N-ethyl adjacent to an activating group) is 1. The van der Waals surface area contributed by atoms with Crippen LogP contribution in [0.15, 0.2) is 18.2 Å². The van der Waals surface area contributed by atoms with Gasteiger partial charge in [0.15, 0.2) is 24.7 Å². The van der Waals surface area contributed by atoms with Gasteiger partial charge in [-0.1, -0.05) is 6.92 Å². The van der Waals surface area contributed by atoms with Crippen LogP contribution >= 0.6 is 0 Å². The van der Waals surface area contributed by atoms with E-state index in [1.807, 2.05) is 19.0 Å². The van der Waals surface area contributed by atoms with Crippen LogP contribution in [0, 0.1) is 0 Å². The lowest BCUT2D eigenvalue weighted by atomic mass is 9.67. The number of carbonyl (C=O) groups is 3. The zero-order valence-corrected chi connectivity index (χ0v) is 34.2. The zero-order chi connectivity index (χ0) is 42.8. The maximum atomic E-state index is 14.0. The molecular weight excluding hydrogens is 774 g/mol. The number of nitrogens with zero attached hydrogens (tertiary/aromatic N) is 1. The fourth-order valence-electron chi connectivity index (χ4n) is 9.44. The number of ketones is 2. The maximum Gasteiger partial charge on any atom is 0.316 e. The van der Waals surface area contributed by atoms with Crippen LogP contribution < -0.4 is 0 Å². The van der Waals surface area contributed by atoms with Crippen LogP contribution in [0.2, 0.25) is 0 Å². The van der Waals surface area contributed by atoms with E-state index < -0.39 is 131 Å². The van der Waals surface area contributed by atoms with E-state index in [-0.39, 0.29) is 48.4 Å². The van der Waals surface area contributed by atoms with Gasteiger partial charge in [0.05, 0.1) is 66.0 Å². The molecule has 0 bridgehead atoms. The molecule has 0 unspecified atom stereocenters. The summed E-state index contributed by atoms with van der Waals surface area (Å²) in [6.07, 6.45) is -6.87. The van der Waals surface area contributed by atoms with E-state index in [4.69, 9.17) is 33.2 Å². The standard InChI is InChI=1S/C42H55NO16/c1-8-42(52)16-27(31-20(35(42)41(51)53-7)13-21-32(37(31)49)38(50)34-25(46)10-9-24(45)33(34)36(21)48)57-29-14-22(43(5)6)39(18(3)55-29)59-30-15-26(47)40(19(4)56-30)58-28-12-11-23(44)17(2)54-28/h9-10,13,17-19,22-23,26-30,35,39-40,44-47,49,52H,8,11-12,14-16H2,1-7H3/t17-,18-,19-,22-,23-,26-,27-,28-,29-,30-,35-,39+,40+,42+/m0/s1. The van der Waals surface area contributed by atoms with Gasteiger partial charge in [0.1, 0.15) is 35.4 Å². The predicted molar refractivity (Wildman–Crippen MR) is 204 cm³/mol. The second kappa shape index (κ2) is 16.6. The maximum absolute atomic E-state index is 14.0. The molecule has 2 aromatic carbocycles. The molecule has 14 atom stereocenters. The Morgan fingerprint density at radius 3 is 2.00 bits per heavy atom. The molecule has 0 amide bonds. The van der Waals surface area contributed by atoms with E-state index in [2.05, 4.69) is 0 Å². The summed E-state index contributed by atoms with van der Waals surface area (Å²) >= 11 is 0. The number of esters is 1. The molecule has 2 aliphatic carbocycles. The third-order valence-electron chi connectivity index (χ3n) is 12.7. The predicted octanol–water partition coefficient (Wildman–Crippen LogP) is 2.66. The van der Waals surface area contributed by atoms with E-state index >= 15 is 0 Å². The Bertz CT molecular complexity index is 1940. The summed E-state index contributed by atoms with van der Waals surface area (Å²) in [5.41, 5.74) is -3.56. The van der Waals surface area contributed by atoms with Crippen LogP contribution in [0.4, 0.5) is 0 Å². The number of aromatic hydroxyl groups is 3. The van der Waals surface area contributed by atoms with Crippen molar-refractivity contribution in [3.05, 3.63) is 51.6 Å². The first-order chi connectivity index (χ1) is 27.9. The molecule has 59 heavy (non-hydrogen) atoms. The second-order valence-electron chi connectivity index (χ2n) is 16.6. The van der Waals surface area contributed by atoms with Crippen molar-refractivity contribution in [1.29, 1.82) is 0 Å². The van der Waals surface area contributed by atoms with Gasteiger partial charge in [-0.05, 0) is 71.5 Å². The fraction of sp³-hybridized carbons (Fsp3) is 0.643. The van der Waals surface area contributed by atoms with Crippen LogP contribution in [-0.4, -0.2) is 148 Å². The Balaban J connectivity index is 1.14. The van der Waals surface area contributed by atoms with Crippen LogP contribution in [0.1, 0.15) is 121 Å². The van der Waals surface area contributed by atoms with Gasteiger partial charge in [0, 0.05) is 42.9 Å². The molecule has 0 aromatic heterocycles. The highest BCUT2D eigenvalue weighted by molar-refractivity contribution is 6.31. The molecule has 7 rings (SSSR count). The van der Waals surface area contributed by atoms with Gasteiger partial charge in [-0.15, -0.1) is 0 Å². The molecule has 3 heterocycles. The SMILES string of the molecule is CC[C@@]1(O)C[C@H](O[C@H]2C[C@H](N(C)C)[C@H](O[C@H]3C[C@H](O)[C@H](O[C@H]4CC[C@H](O)[C@H](C)O4)[C@H](C)O3)[C@H](C)O2)c2c(cc3c(c2O)C(=O)c2c(O)ccc(O)c2C3=O)[C@H]1C(=O)OC. The third-order valence-corrected chi connectivity index (χ3v) is 12.7. The van der Waals surface area contributed by atoms with Crippen LogP contribution in [-0.2, 0) is 38.0 Å². The molecule has 17 nitrogen and oxygen atoms in total.